The predicted molar refractivity (Wildman–Crippen MR) is 60.8 cm³/mol. The van der Waals surface area contributed by atoms with Crippen molar-refractivity contribution in [1.29, 1.82) is 0 Å². The van der Waals surface area contributed by atoms with Gasteiger partial charge in [0, 0.05) is 5.56 Å². The quantitative estimate of drug-likeness (QED) is 0.810. The van der Waals surface area contributed by atoms with Gasteiger partial charge in [-0.3, -0.25) is 4.79 Å². The molecule has 2 rings (SSSR count). The molecule has 1 aromatic carbocycles. The van der Waals surface area contributed by atoms with Gasteiger partial charge < -0.3 is 5.32 Å². The van der Waals surface area contributed by atoms with Crippen LogP contribution in [-0.2, 0) is 10.3 Å². The van der Waals surface area contributed by atoms with Crippen LogP contribution in [0.5, 0.6) is 0 Å². The molecule has 0 aromatic heterocycles. The maximum absolute atomic E-state index is 13.7. The molecule has 0 bridgehead atoms. The summed E-state index contributed by atoms with van der Waals surface area (Å²) in [6.45, 7) is 0. The van der Waals surface area contributed by atoms with E-state index in [2.05, 4.69) is 5.32 Å². The van der Waals surface area contributed by atoms with Crippen molar-refractivity contribution >= 4 is 17.5 Å². The molecule has 1 fully saturated rings. The number of alkyl halides is 1. The zero-order valence-corrected chi connectivity index (χ0v) is 9.56. The Labute approximate surface area is 98.8 Å². The lowest BCUT2D eigenvalue weighted by Crippen LogP contribution is -2.51. The molecule has 1 aliphatic carbocycles. The number of hydrogen-bond donors (Lipinski definition) is 1. The lowest BCUT2D eigenvalue weighted by Gasteiger charge is -2.43. The second-order valence-corrected chi connectivity index (χ2v) is 4.36. The summed E-state index contributed by atoms with van der Waals surface area (Å²) in [4.78, 5) is 11.3. The second-order valence-electron chi connectivity index (χ2n) is 4.10. The van der Waals surface area contributed by atoms with E-state index in [9.17, 15) is 9.18 Å². The molecule has 0 saturated heterocycles. The van der Waals surface area contributed by atoms with Crippen LogP contribution >= 0.6 is 11.6 Å². The van der Waals surface area contributed by atoms with Crippen LogP contribution in [0.2, 0.25) is 0 Å². The molecular weight excluding hydrogens is 229 g/mol. The number of carbonyl (C=O) groups excluding carboxylic acids is 1. The fourth-order valence-corrected chi connectivity index (χ4v) is 2.21. The first-order valence-electron chi connectivity index (χ1n) is 5.30. The van der Waals surface area contributed by atoms with Gasteiger partial charge in [0.2, 0.25) is 5.91 Å². The van der Waals surface area contributed by atoms with Gasteiger partial charge in [0.05, 0.1) is 5.54 Å². The van der Waals surface area contributed by atoms with E-state index in [0.717, 1.165) is 19.3 Å². The molecule has 0 atom stereocenters. The zero-order chi connectivity index (χ0) is 11.6. The highest BCUT2D eigenvalue weighted by Crippen LogP contribution is 2.42. The Balaban J connectivity index is 2.28. The Kier molecular flexibility index (Phi) is 3.15. The summed E-state index contributed by atoms with van der Waals surface area (Å²) >= 11 is 5.46. The average Bonchev–Trinajstić information content (AvgIpc) is 2.24. The summed E-state index contributed by atoms with van der Waals surface area (Å²) in [6, 6.07) is 6.57. The number of benzene rings is 1. The molecule has 1 amide bonds. The molecule has 0 unspecified atom stereocenters. The highest BCUT2D eigenvalue weighted by atomic mass is 35.5. The summed E-state index contributed by atoms with van der Waals surface area (Å²) in [5, 5.41) is 2.83. The smallest absolute Gasteiger partial charge is 0.235 e. The van der Waals surface area contributed by atoms with Gasteiger partial charge >= 0.3 is 0 Å². The minimum Gasteiger partial charge on any atom is -0.345 e. The Bertz CT molecular complexity index is 404. The van der Waals surface area contributed by atoms with E-state index in [-0.39, 0.29) is 17.6 Å². The van der Waals surface area contributed by atoms with Crippen LogP contribution in [-0.4, -0.2) is 11.8 Å². The maximum Gasteiger partial charge on any atom is 0.235 e. The fourth-order valence-electron chi connectivity index (χ4n) is 2.14. The lowest BCUT2D eigenvalue weighted by molar-refractivity contribution is -0.121. The number of amides is 1. The van der Waals surface area contributed by atoms with Crippen molar-refractivity contribution in [1.82, 2.24) is 5.32 Å². The molecule has 4 heteroatoms. The van der Waals surface area contributed by atoms with Gasteiger partial charge in [0.1, 0.15) is 11.7 Å². The van der Waals surface area contributed by atoms with E-state index >= 15 is 0 Å². The second kappa shape index (κ2) is 4.42. The van der Waals surface area contributed by atoms with Crippen LogP contribution in [0.1, 0.15) is 24.8 Å². The van der Waals surface area contributed by atoms with E-state index < -0.39 is 5.54 Å². The monoisotopic (exact) mass is 241 g/mol. The molecule has 16 heavy (non-hydrogen) atoms. The van der Waals surface area contributed by atoms with Crippen LogP contribution in [0.4, 0.5) is 4.39 Å². The topological polar surface area (TPSA) is 29.1 Å². The molecule has 1 aliphatic rings. The first-order chi connectivity index (χ1) is 7.68. The first-order valence-corrected chi connectivity index (χ1v) is 5.83. The first kappa shape index (κ1) is 11.4. The largest absolute Gasteiger partial charge is 0.345 e. The Morgan fingerprint density at radius 1 is 1.44 bits per heavy atom. The van der Waals surface area contributed by atoms with Crippen molar-refractivity contribution in [3.05, 3.63) is 35.6 Å². The van der Waals surface area contributed by atoms with Gasteiger partial charge in [-0.25, -0.2) is 4.39 Å². The third kappa shape index (κ3) is 1.92. The highest BCUT2D eigenvalue weighted by Gasteiger charge is 2.41. The molecule has 1 N–H and O–H groups in total. The van der Waals surface area contributed by atoms with Crippen molar-refractivity contribution in [2.75, 3.05) is 5.88 Å². The van der Waals surface area contributed by atoms with Gasteiger partial charge in [-0.15, -0.1) is 11.6 Å². The summed E-state index contributed by atoms with van der Waals surface area (Å²) in [7, 11) is 0. The van der Waals surface area contributed by atoms with Crippen molar-refractivity contribution in [3.8, 4) is 0 Å². The zero-order valence-electron chi connectivity index (χ0n) is 8.80. The minimum absolute atomic E-state index is 0.0871. The van der Waals surface area contributed by atoms with Crippen molar-refractivity contribution in [2.24, 2.45) is 0 Å². The normalized spacial score (nSPS) is 17.6. The van der Waals surface area contributed by atoms with Gasteiger partial charge in [-0.1, -0.05) is 18.2 Å². The molecule has 1 aromatic rings. The molecule has 0 heterocycles. The molecular formula is C12H13ClFNO. The number of nitrogens with one attached hydrogen (secondary N) is 1. The van der Waals surface area contributed by atoms with Gasteiger partial charge in [-0.2, -0.15) is 0 Å². The Morgan fingerprint density at radius 3 is 2.62 bits per heavy atom. The molecule has 86 valence electrons. The van der Waals surface area contributed by atoms with Crippen molar-refractivity contribution in [2.45, 2.75) is 24.8 Å². The summed E-state index contributed by atoms with van der Waals surface area (Å²) < 4.78 is 13.7. The molecule has 2 nitrogen and oxygen atoms in total. The van der Waals surface area contributed by atoms with Crippen LogP contribution in [0.3, 0.4) is 0 Å². The van der Waals surface area contributed by atoms with Gasteiger partial charge in [0.15, 0.2) is 0 Å². The number of rotatable bonds is 3. The average molecular weight is 242 g/mol. The number of halogens is 2. The van der Waals surface area contributed by atoms with Crippen LogP contribution in [0.25, 0.3) is 0 Å². The number of carbonyl (C=O) groups is 1. The van der Waals surface area contributed by atoms with E-state index in [0.29, 0.717) is 5.56 Å². The van der Waals surface area contributed by atoms with Gasteiger partial charge in [0.25, 0.3) is 0 Å². The fraction of sp³-hybridized carbons (Fsp3) is 0.417. The molecule has 1 saturated carbocycles. The summed E-state index contributed by atoms with van der Waals surface area (Å²) in [6.07, 6.45) is 2.55. The van der Waals surface area contributed by atoms with Crippen LogP contribution in [0.15, 0.2) is 24.3 Å². The summed E-state index contributed by atoms with van der Waals surface area (Å²) in [5.41, 5.74) is 0.0387. The Morgan fingerprint density at radius 2 is 2.12 bits per heavy atom. The number of hydrogen-bond acceptors (Lipinski definition) is 1. The van der Waals surface area contributed by atoms with E-state index in [1.807, 2.05) is 0 Å². The SMILES string of the molecule is O=C(CCl)NC1(c2ccccc2F)CCC1. The molecule has 0 aliphatic heterocycles. The van der Waals surface area contributed by atoms with Crippen LogP contribution in [0, 0.1) is 5.82 Å². The van der Waals surface area contributed by atoms with E-state index in [4.69, 9.17) is 11.6 Å². The standard InChI is InChI=1S/C12H13ClFNO/c13-8-11(16)15-12(6-3-7-12)9-4-1-2-5-10(9)14/h1-2,4-5H,3,6-8H2,(H,15,16). The minimum atomic E-state index is -0.530. The third-order valence-corrected chi connectivity index (χ3v) is 3.34. The molecule has 0 spiro atoms. The van der Waals surface area contributed by atoms with Gasteiger partial charge in [-0.05, 0) is 25.3 Å². The van der Waals surface area contributed by atoms with E-state index in [1.54, 1.807) is 18.2 Å². The maximum atomic E-state index is 13.7. The highest BCUT2D eigenvalue weighted by molar-refractivity contribution is 6.27. The third-order valence-electron chi connectivity index (χ3n) is 3.10. The summed E-state index contributed by atoms with van der Waals surface area (Å²) in [5.74, 6) is -0.599. The predicted octanol–water partition coefficient (Wildman–Crippen LogP) is 2.56. The van der Waals surface area contributed by atoms with E-state index in [1.165, 1.54) is 6.07 Å². The van der Waals surface area contributed by atoms with Crippen molar-refractivity contribution < 1.29 is 9.18 Å². The Hall–Kier alpha value is -1.09. The van der Waals surface area contributed by atoms with Crippen molar-refractivity contribution in [3.63, 3.8) is 0 Å². The van der Waals surface area contributed by atoms with Crippen LogP contribution < -0.4 is 5.32 Å². The molecule has 0 radical (unpaired) electrons. The lowest BCUT2D eigenvalue weighted by atomic mass is 9.71.